The number of hydrogen-bond acceptors (Lipinski definition) is 2. The molecule has 1 aliphatic rings. The van der Waals surface area contributed by atoms with E-state index in [2.05, 4.69) is 11.4 Å². The fraction of sp³-hybridized carbons (Fsp3) is 0.333. The summed E-state index contributed by atoms with van der Waals surface area (Å²) in [4.78, 5) is 26.6. The first-order chi connectivity index (χ1) is 12.0. The molecule has 0 unspecified atom stereocenters. The number of benzene rings is 2. The summed E-state index contributed by atoms with van der Waals surface area (Å²) < 4.78 is 0. The van der Waals surface area contributed by atoms with Crippen LogP contribution in [0.3, 0.4) is 0 Å². The van der Waals surface area contributed by atoms with E-state index in [1.807, 2.05) is 49.4 Å². The lowest BCUT2D eigenvalue weighted by Crippen LogP contribution is -2.38. The molecule has 2 aromatic rings. The second-order valence-electron chi connectivity index (χ2n) is 6.75. The highest BCUT2D eigenvalue weighted by atomic mass is 16.2. The standard InChI is InChI=1S/C21H24N2O2/c1-15-10-12-17(13-11-15)22-20(24)14-23(2)21(25)19-9-5-7-16-6-3-4-8-18(16)19/h3-4,6,8,10-13,19H,5,7,9,14H2,1-2H3,(H,22,24)/t19-/m0/s1. The molecule has 0 saturated carbocycles. The van der Waals surface area contributed by atoms with E-state index < -0.39 is 0 Å². The average molecular weight is 336 g/mol. The molecule has 4 nitrogen and oxygen atoms in total. The SMILES string of the molecule is Cc1ccc(NC(=O)CN(C)C(=O)[C@H]2CCCc3ccccc32)cc1. The number of nitrogens with zero attached hydrogens (tertiary/aromatic N) is 1. The van der Waals surface area contributed by atoms with Gasteiger partial charge < -0.3 is 10.2 Å². The Balaban J connectivity index is 1.63. The maximum Gasteiger partial charge on any atom is 0.243 e. The molecule has 1 atom stereocenters. The molecule has 2 aromatic carbocycles. The summed E-state index contributed by atoms with van der Waals surface area (Å²) >= 11 is 0. The van der Waals surface area contributed by atoms with Gasteiger partial charge in [0.25, 0.3) is 0 Å². The summed E-state index contributed by atoms with van der Waals surface area (Å²) in [5.41, 5.74) is 4.26. The quantitative estimate of drug-likeness (QED) is 0.929. The van der Waals surface area contributed by atoms with Gasteiger partial charge in [0.05, 0.1) is 12.5 Å². The zero-order valence-corrected chi connectivity index (χ0v) is 14.8. The average Bonchev–Trinajstić information content (AvgIpc) is 2.62. The highest BCUT2D eigenvalue weighted by molar-refractivity contribution is 5.95. The fourth-order valence-corrected chi connectivity index (χ4v) is 3.41. The van der Waals surface area contributed by atoms with Crippen molar-refractivity contribution in [1.29, 1.82) is 0 Å². The smallest absolute Gasteiger partial charge is 0.243 e. The van der Waals surface area contributed by atoms with Crippen LogP contribution in [0.15, 0.2) is 48.5 Å². The van der Waals surface area contributed by atoms with E-state index in [0.29, 0.717) is 0 Å². The summed E-state index contributed by atoms with van der Waals surface area (Å²) in [5.74, 6) is -0.294. The van der Waals surface area contributed by atoms with Crippen LogP contribution < -0.4 is 5.32 Å². The van der Waals surface area contributed by atoms with E-state index in [0.717, 1.165) is 36.1 Å². The maximum atomic E-state index is 12.8. The minimum absolute atomic E-state index is 0.0196. The van der Waals surface area contributed by atoms with Crippen LogP contribution in [0.5, 0.6) is 0 Å². The van der Waals surface area contributed by atoms with Crippen molar-refractivity contribution in [3.05, 3.63) is 65.2 Å². The molecule has 1 N–H and O–H groups in total. The van der Waals surface area contributed by atoms with Crippen molar-refractivity contribution in [2.45, 2.75) is 32.1 Å². The summed E-state index contributed by atoms with van der Waals surface area (Å²) in [5, 5.41) is 2.84. The molecule has 3 rings (SSSR count). The lowest BCUT2D eigenvalue weighted by Gasteiger charge is -2.28. The summed E-state index contributed by atoms with van der Waals surface area (Å²) in [6, 6.07) is 15.8. The van der Waals surface area contributed by atoms with E-state index in [-0.39, 0.29) is 24.3 Å². The Bertz CT molecular complexity index is 768. The third kappa shape index (κ3) is 4.08. The number of fused-ring (bicyclic) bond motifs is 1. The second kappa shape index (κ2) is 7.51. The first kappa shape index (κ1) is 17.2. The zero-order valence-electron chi connectivity index (χ0n) is 14.8. The molecule has 1 aliphatic carbocycles. The molecule has 0 bridgehead atoms. The van der Waals surface area contributed by atoms with Crippen molar-refractivity contribution in [1.82, 2.24) is 4.90 Å². The van der Waals surface area contributed by atoms with Crippen molar-refractivity contribution in [2.75, 3.05) is 18.9 Å². The van der Waals surface area contributed by atoms with E-state index in [4.69, 9.17) is 0 Å². The molecule has 0 radical (unpaired) electrons. The highest BCUT2D eigenvalue weighted by Crippen LogP contribution is 2.32. The molecule has 25 heavy (non-hydrogen) atoms. The molecular formula is C21H24N2O2. The fourth-order valence-electron chi connectivity index (χ4n) is 3.41. The zero-order chi connectivity index (χ0) is 17.8. The van der Waals surface area contributed by atoms with Crippen LogP contribution in [-0.4, -0.2) is 30.3 Å². The Morgan fingerprint density at radius 1 is 1.12 bits per heavy atom. The maximum absolute atomic E-state index is 12.8. The van der Waals surface area contributed by atoms with Crippen molar-refractivity contribution in [3.63, 3.8) is 0 Å². The molecule has 0 saturated heterocycles. The van der Waals surface area contributed by atoms with Crippen LogP contribution in [0.1, 0.15) is 35.4 Å². The summed E-state index contributed by atoms with van der Waals surface area (Å²) in [6.07, 6.45) is 2.88. The van der Waals surface area contributed by atoms with Crippen molar-refractivity contribution in [3.8, 4) is 0 Å². The molecule has 0 aromatic heterocycles. The number of carbonyl (C=O) groups excluding carboxylic acids is 2. The first-order valence-corrected chi connectivity index (χ1v) is 8.74. The summed E-state index contributed by atoms with van der Waals surface area (Å²) in [6.45, 7) is 2.06. The highest BCUT2D eigenvalue weighted by Gasteiger charge is 2.29. The number of hydrogen-bond donors (Lipinski definition) is 1. The van der Waals surface area contributed by atoms with Gasteiger partial charge in [-0.05, 0) is 49.4 Å². The van der Waals surface area contributed by atoms with Crippen LogP contribution in [0, 0.1) is 6.92 Å². The summed E-state index contributed by atoms with van der Waals surface area (Å²) in [7, 11) is 1.70. The van der Waals surface area contributed by atoms with Gasteiger partial charge in [-0.15, -0.1) is 0 Å². The van der Waals surface area contributed by atoms with Gasteiger partial charge in [-0.1, -0.05) is 42.0 Å². The molecule has 4 heteroatoms. The number of carbonyl (C=O) groups is 2. The number of likely N-dealkylation sites (N-methyl/N-ethyl adjacent to an activating group) is 1. The van der Waals surface area contributed by atoms with Gasteiger partial charge >= 0.3 is 0 Å². The van der Waals surface area contributed by atoms with Gasteiger partial charge in [-0.3, -0.25) is 9.59 Å². The minimum Gasteiger partial charge on any atom is -0.336 e. The van der Waals surface area contributed by atoms with Crippen LogP contribution in [0.25, 0.3) is 0 Å². The third-order valence-corrected chi connectivity index (χ3v) is 4.76. The van der Waals surface area contributed by atoms with Crippen LogP contribution in [0.4, 0.5) is 5.69 Å². The Labute approximate surface area is 148 Å². The van der Waals surface area contributed by atoms with Crippen molar-refractivity contribution in [2.24, 2.45) is 0 Å². The van der Waals surface area contributed by atoms with E-state index in [1.165, 1.54) is 10.5 Å². The van der Waals surface area contributed by atoms with Gasteiger partial charge in [0.2, 0.25) is 11.8 Å². The third-order valence-electron chi connectivity index (χ3n) is 4.76. The lowest BCUT2D eigenvalue weighted by atomic mass is 9.82. The molecule has 0 heterocycles. The van der Waals surface area contributed by atoms with Crippen LogP contribution in [-0.2, 0) is 16.0 Å². The van der Waals surface area contributed by atoms with E-state index in [1.54, 1.807) is 7.05 Å². The Kier molecular flexibility index (Phi) is 5.17. The molecule has 2 amide bonds. The number of aryl methyl sites for hydroxylation is 2. The van der Waals surface area contributed by atoms with Gasteiger partial charge in [0, 0.05) is 12.7 Å². The molecule has 0 fully saturated rings. The Morgan fingerprint density at radius 3 is 2.60 bits per heavy atom. The second-order valence-corrected chi connectivity index (χ2v) is 6.75. The number of anilines is 1. The number of nitrogens with one attached hydrogen (secondary N) is 1. The largest absolute Gasteiger partial charge is 0.336 e. The van der Waals surface area contributed by atoms with Crippen LogP contribution in [0.2, 0.25) is 0 Å². The molecule has 0 aliphatic heterocycles. The van der Waals surface area contributed by atoms with Crippen molar-refractivity contribution >= 4 is 17.5 Å². The Morgan fingerprint density at radius 2 is 1.84 bits per heavy atom. The Hall–Kier alpha value is -2.62. The normalized spacial score (nSPS) is 16.0. The predicted molar refractivity (Wildman–Crippen MR) is 99.6 cm³/mol. The first-order valence-electron chi connectivity index (χ1n) is 8.74. The molecular weight excluding hydrogens is 312 g/mol. The number of rotatable bonds is 4. The predicted octanol–water partition coefficient (Wildman–Crippen LogP) is 3.51. The van der Waals surface area contributed by atoms with Gasteiger partial charge in [0.15, 0.2) is 0 Å². The van der Waals surface area contributed by atoms with Crippen LogP contribution >= 0.6 is 0 Å². The van der Waals surface area contributed by atoms with E-state index in [9.17, 15) is 9.59 Å². The molecule has 0 spiro atoms. The van der Waals surface area contributed by atoms with Crippen molar-refractivity contribution < 1.29 is 9.59 Å². The van der Waals surface area contributed by atoms with Gasteiger partial charge in [-0.2, -0.15) is 0 Å². The van der Waals surface area contributed by atoms with Gasteiger partial charge in [-0.25, -0.2) is 0 Å². The van der Waals surface area contributed by atoms with Gasteiger partial charge in [0.1, 0.15) is 0 Å². The number of amides is 2. The minimum atomic E-state index is -0.177. The van der Waals surface area contributed by atoms with E-state index >= 15 is 0 Å². The topological polar surface area (TPSA) is 49.4 Å². The molecule has 130 valence electrons. The lowest BCUT2D eigenvalue weighted by molar-refractivity contribution is -0.134. The monoisotopic (exact) mass is 336 g/mol.